The second kappa shape index (κ2) is 5.94. The third kappa shape index (κ3) is 4.24. The van der Waals surface area contributed by atoms with Crippen LogP contribution in [0, 0.1) is 0 Å². The summed E-state index contributed by atoms with van der Waals surface area (Å²) in [5, 5.41) is 0. The van der Waals surface area contributed by atoms with Gasteiger partial charge in [0.2, 0.25) is 0 Å². The number of ether oxygens (including phenoxy) is 1. The van der Waals surface area contributed by atoms with Crippen molar-refractivity contribution in [2.45, 2.75) is 12.5 Å². The van der Waals surface area contributed by atoms with Crippen LogP contribution >= 0.6 is 24.0 Å². The van der Waals surface area contributed by atoms with Gasteiger partial charge in [0.15, 0.2) is 0 Å². The topological polar surface area (TPSA) is 22.1 Å². The van der Waals surface area contributed by atoms with Gasteiger partial charge >= 0.3 is 6.61 Å². The summed E-state index contributed by atoms with van der Waals surface area (Å²) in [7, 11) is 0. The Balaban J connectivity index is 0.00000144. The van der Waals surface area contributed by atoms with Gasteiger partial charge in [-0.05, 0) is 11.6 Å². The van der Waals surface area contributed by atoms with E-state index in [4.69, 9.17) is 11.6 Å². The molecule has 0 atom stereocenters. The number of pyridine rings is 1. The first-order valence-corrected chi connectivity index (χ1v) is 3.70. The van der Waals surface area contributed by atoms with E-state index in [1.807, 2.05) is 0 Å². The Morgan fingerprint density at radius 1 is 1.46 bits per heavy atom. The smallest absolute Gasteiger partial charge is 0.387 e. The number of rotatable bonds is 3. The van der Waals surface area contributed by atoms with Gasteiger partial charge in [0, 0.05) is 12.1 Å². The molecule has 1 aromatic rings. The minimum Gasteiger partial charge on any atom is -0.433 e. The molecule has 0 aliphatic rings. The molecule has 1 aromatic heterocycles. The van der Waals surface area contributed by atoms with Crippen molar-refractivity contribution >= 4 is 24.0 Å². The Morgan fingerprint density at radius 2 is 2.15 bits per heavy atom. The lowest BCUT2D eigenvalue weighted by atomic mass is 10.3. The van der Waals surface area contributed by atoms with Crippen LogP contribution in [0.2, 0.25) is 0 Å². The molecule has 0 aliphatic carbocycles. The van der Waals surface area contributed by atoms with Crippen molar-refractivity contribution in [2.75, 3.05) is 0 Å². The normalized spacial score (nSPS) is 9.54. The monoisotopic (exact) mass is 229 g/mol. The van der Waals surface area contributed by atoms with Crippen molar-refractivity contribution in [2.24, 2.45) is 0 Å². The summed E-state index contributed by atoms with van der Waals surface area (Å²) in [4.78, 5) is 3.67. The van der Waals surface area contributed by atoms with Crippen LogP contribution in [-0.4, -0.2) is 11.6 Å². The van der Waals surface area contributed by atoms with Crippen LogP contribution in [0.5, 0.6) is 5.75 Å². The second-order valence-electron chi connectivity index (χ2n) is 2.04. The highest BCUT2D eigenvalue weighted by molar-refractivity contribution is 6.17. The van der Waals surface area contributed by atoms with Gasteiger partial charge in [-0.15, -0.1) is 24.0 Å². The molecule has 6 heteroatoms. The molecule has 74 valence electrons. The maximum atomic E-state index is 11.7. The first-order valence-electron chi connectivity index (χ1n) is 3.17. The van der Waals surface area contributed by atoms with Crippen LogP contribution in [-0.2, 0) is 5.88 Å². The number of alkyl halides is 3. The molecule has 0 N–H and O–H groups in total. The molecule has 13 heavy (non-hydrogen) atoms. The fourth-order valence-corrected chi connectivity index (χ4v) is 0.850. The van der Waals surface area contributed by atoms with Crippen LogP contribution in [0.3, 0.4) is 0 Å². The molecule has 2 nitrogen and oxygen atoms in total. The summed E-state index contributed by atoms with van der Waals surface area (Å²) in [5.74, 6) is 0.260. The Bertz CT molecular complexity index is 260. The molecule has 0 spiro atoms. The standard InChI is InChI=1S/C7H6ClF2NO.ClH/c8-2-5-1-6(4-11-3-5)12-7(9)10;/h1,3-4,7H,2H2;1H. The Labute approximate surface area is 85.3 Å². The maximum Gasteiger partial charge on any atom is 0.387 e. The highest BCUT2D eigenvalue weighted by Gasteiger charge is 2.04. The van der Waals surface area contributed by atoms with E-state index in [0.29, 0.717) is 5.56 Å². The highest BCUT2D eigenvalue weighted by atomic mass is 35.5. The van der Waals surface area contributed by atoms with Crippen LogP contribution in [0.15, 0.2) is 18.5 Å². The molecular formula is C7H7Cl2F2NO. The van der Waals surface area contributed by atoms with E-state index in [0.717, 1.165) is 0 Å². The highest BCUT2D eigenvalue weighted by Crippen LogP contribution is 2.14. The quantitative estimate of drug-likeness (QED) is 0.744. The van der Waals surface area contributed by atoms with Crippen LogP contribution in [0.1, 0.15) is 5.56 Å². The molecule has 0 bridgehead atoms. The minimum absolute atomic E-state index is 0. The number of nitrogens with zero attached hydrogens (tertiary/aromatic N) is 1. The van der Waals surface area contributed by atoms with E-state index in [1.165, 1.54) is 18.5 Å². The lowest BCUT2D eigenvalue weighted by Gasteiger charge is -2.03. The first kappa shape index (κ1) is 12.4. The molecule has 0 aromatic carbocycles. The Hall–Kier alpha value is -0.610. The average Bonchev–Trinajstić information content (AvgIpc) is 2.03. The van der Waals surface area contributed by atoms with Crippen molar-refractivity contribution < 1.29 is 13.5 Å². The SMILES string of the molecule is Cl.FC(F)Oc1cncc(CCl)c1. The summed E-state index contributed by atoms with van der Waals surface area (Å²) in [6, 6.07) is 1.42. The Kier molecular flexibility index (Phi) is 5.66. The third-order valence-corrected chi connectivity index (χ3v) is 1.46. The zero-order valence-electron chi connectivity index (χ0n) is 6.41. The summed E-state index contributed by atoms with van der Waals surface area (Å²) in [5.41, 5.74) is 0.648. The van der Waals surface area contributed by atoms with E-state index in [2.05, 4.69) is 9.72 Å². The molecule has 1 rings (SSSR count). The molecule has 0 radical (unpaired) electrons. The first-order chi connectivity index (χ1) is 5.72. The minimum atomic E-state index is -2.82. The molecule has 0 amide bonds. The zero-order chi connectivity index (χ0) is 8.97. The molecule has 0 fully saturated rings. The van der Waals surface area contributed by atoms with E-state index in [1.54, 1.807) is 0 Å². The maximum absolute atomic E-state index is 11.7. The number of hydrogen-bond acceptors (Lipinski definition) is 2. The fourth-order valence-electron chi connectivity index (χ4n) is 0.704. The fraction of sp³-hybridized carbons (Fsp3) is 0.286. The zero-order valence-corrected chi connectivity index (χ0v) is 7.99. The molecule has 0 saturated carbocycles. The van der Waals surface area contributed by atoms with Gasteiger partial charge in [0.25, 0.3) is 0 Å². The second-order valence-corrected chi connectivity index (χ2v) is 2.31. The van der Waals surface area contributed by atoms with Gasteiger partial charge in [-0.2, -0.15) is 8.78 Å². The van der Waals surface area contributed by atoms with Crippen molar-refractivity contribution in [3.63, 3.8) is 0 Å². The number of aromatic nitrogens is 1. The molecular weight excluding hydrogens is 223 g/mol. The molecule has 0 saturated heterocycles. The van der Waals surface area contributed by atoms with Gasteiger partial charge in [-0.3, -0.25) is 4.98 Å². The van der Waals surface area contributed by atoms with Crippen molar-refractivity contribution in [3.8, 4) is 5.75 Å². The van der Waals surface area contributed by atoms with Gasteiger partial charge in [-0.1, -0.05) is 0 Å². The predicted molar refractivity (Wildman–Crippen MR) is 47.7 cm³/mol. The summed E-state index contributed by atoms with van der Waals surface area (Å²) < 4.78 is 27.4. The van der Waals surface area contributed by atoms with Crippen molar-refractivity contribution in [3.05, 3.63) is 24.0 Å². The van der Waals surface area contributed by atoms with Crippen molar-refractivity contribution in [1.29, 1.82) is 0 Å². The summed E-state index contributed by atoms with van der Waals surface area (Å²) in [6.07, 6.45) is 2.70. The van der Waals surface area contributed by atoms with E-state index < -0.39 is 6.61 Å². The van der Waals surface area contributed by atoms with Crippen LogP contribution in [0.25, 0.3) is 0 Å². The van der Waals surface area contributed by atoms with Gasteiger partial charge < -0.3 is 4.74 Å². The van der Waals surface area contributed by atoms with Gasteiger partial charge in [0.05, 0.1) is 6.20 Å². The molecule has 1 heterocycles. The van der Waals surface area contributed by atoms with E-state index in [9.17, 15) is 8.78 Å². The molecule has 0 aliphatic heterocycles. The summed E-state index contributed by atoms with van der Waals surface area (Å²) in [6.45, 7) is -2.82. The lowest BCUT2D eigenvalue weighted by Crippen LogP contribution is -2.02. The predicted octanol–water partition coefficient (Wildman–Crippen LogP) is 2.84. The van der Waals surface area contributed by atoms with Crippen LogP contribution in [0.4, 0.5) is 8.78 Å². The van der Waals surface area contributed by atoms with Gasteiger partial charge in [0.1, 0.15) is 5.75 Å². The van der Waals surface area contributed by atoms with Crippen LogP contribution < -0.4 is 4.74 Å². The van der Waals surface area contributed by atoms with E-state index >= 15 is 0 Å². The average molecular weight is 230 g/mol. The van der Waals surface area contributed by atoms with Crippen molar-refractivity contribution in [1.82, 2.24) is 4.98 Å². The molecule has 0 unspecified atom stereocenters. The van der Waals surface area contributed by atoms with E-state index in [-0.39, 0.29) is 24.0 Å². The Morgan fingerprint density at radius 3 is 2.69 bits per heavy atom. The summed E-state index contributed by atoms with van der Waals surface area (Å²) >= 11 is 5.45. The van der Waals surface area contributed by atoms with Gasteiger partial charge in [-0.25, -0.2) is 0 Å². The lowest BCUT2D eigenvalue weighted by molar-refractivity contribution is -0.0501. The number of halogens is 4. The number of hydrogen-bond donors (Lipinski definition) is 0. The third-order valence-electron chi connectivity index (χ3n) is 1.15. The largest absolute Gasteiger partial charge is 0.433 e.